The zero-order valence-electron chi connectivity index (χ0n) is 13.2. The van der Waals surface area contributed by atoms with Gasteiger partial charge in [0.15, 0.2) is 0 Å². The summed E-state index contributed by atoms with van der Waals surface area (Å²) in [5, 5.41) is 10.8. The molecular weight excluding hydrogens is 328 g/mol. The molecule has 1 amide bonds. The Kier molecular flexibility index (Phi) is 5.27. The molecule has 3 rings (SSSR count). The van der Waals surface area contributed by atoms with Crippen molar-refractivity contribution in [3.8, 4) is 0 Å². The number of hydrogen-bond donors (Lipinski definition) is 1. The first-order valence-electron chi connectivity index (χ1n) is 7.87. The van der Waals surface area contributed by atoms with Gasteiger partial charge >= 0.3 is 0 Å². The number of hydrogen-bond acceptors (Lipinski definition) is 5. The number of amides is 1. The van der Waals surface area contributed by atoms with Gasteiger partial charge in [0.1, 0.15) is 0 Å². The monoisotopic (exact) mass is 346 g/mol. The van der Waals surface area contributed by atoms with Crippen molar-refractivity contribution in [3.63, 3.8) is 0 Å². The van der Waals surface area contributed by atoms with Crippen LogP contribution in [0.15, 0.2) is 42.7 Å². The van der Waals surface area contributed by atoms with Crippen LogP contribution in [-0.4, -0.2) is 52.1 Å². The van der Waals surface area contributed by atoms with E-state index in [1.807, 2.05) is 0 Å². The van der Waals surface area contributed by atoms with E-state index in [4.69, 9.17) is 11.6 Å². The standard InChI is InChI=1S/C17H19ClN4O2/c18-14-4-2-13(3-5-14)15(23)12-16(24)21-8-10-22(11-9-21)17-19-6-1-7-20-17/h1-7,15,23H,8-12H2. The Balaban J connectivity index is 1.52. The van der Waals surface area contributed by atoms with Crippen molar-refractivity contribution in [1.82, 2.24) is 14.9 Å². The first kappa shape index (κ1) is 16.7. The molecule has 24 heavy (non-hydrogen) atoms. The fraction of sp³-hybridized carbons (Fsp3) is 0.353. The van der Waals surface area contributed by atoms with E-state index in [-0.39, 0.29) is 12.3 Å². The highest BCUT2D eigenvalue weighted by molar-refractivity contribution is 6.30. The molecule has 0 bridgehead atoms. The summed E-state index contributed by atoms with van der Waals surface area (Å²) in [5.41, 5.74) is 0.698. The molecule has 1 aromatic carbocycles. The highest BCUT2D eigenvalue weighted by Gasteiger charge is 2.24. The number of benzene rings is 1. The predicted molar refractivity (Wildman–Crippen MR) is 91.9 cm³/mol. The Morgan fingerprint density at radius 2 is 1.75 bits per heavy atom. The first-order valence-corrected chi connectivity index (χ1v) is 8.24. The lowest BCUT2D eigenvalue weighted by Gasteiger charge is -2.35. The number of carbonyl (C=O) groups is 1. The fourth-order valence-corrected chi connectivity index (χ4v) is 2.83. The Labute approximate surface area is 145 Å². The molecule has 0 saturated carbocycles. The van der Waals surface area contributed by atoms with Crippen molar-refractivity contribution >= 4 is 23.5 Å². The molecule has 1 fully saturated rings. The van der Waals surface area contributed by atoms with E-state index >= 15 is 0 Å². The smallest absolute Gasteiger partial charge is 0.225 e. The van der Waals surface area contributed by atoms with Gasteiger partial charge in [-0.15, -0.1) is 0 Å². The molecule has 7 heteroatoms. The lowest BCUT2D eigenvalue weighted by Crippen LogP contribution is -2.49. The predicted octanol–water partition coefficient (Wildman–Crippen LogP) is 1.90. The molecule has 126 valence electrons. The van der Waals surface area contributed by atoms with Crippen LogP contribution in [0.5, 0.6) is 0 Å². The molecular formula is C17H19ClN4O2. The molecule has 1 unspecified atom stereocenters. The largest absolute Gasteiger partial charge is 0.388 e. The van der Waals surface area contributed by atoms with Gasteiger partial charge < -0.3 is 14.9 Å². The summed E-state index contributed by atoms with van der Waals surface area (Å²) >= 11 is 5.84. The minimum atomic E-state index is -0.815. The normalized spacial score (nSPS) is 16.1. The third kappa shape index (κ3) is 4.01. The van der Waals surface area contributed by atoms with Crippen LogP contribution in [0.4, 0.5) is 5.95 Å². The number of aliphatic hydroxyl groups excluding tert-OH is 1. The number of rotatable bonds is 4. The Bertz CT molecular complexity index is 673. The molecule has 2 aromatic rings. The summed E-state index contributed by atoms with van der Waals surface area (Å²) in [6, 6.07) is 8.68. The molecule has 0 radical (unpaired) electrons. The Hall–Kier alpha value is -2.18. The van der Waals surface area contributed by atoms with Crippen molar-refractivity contribution in [2.75, 3.05) is 31.1 Å². The molecule has 2 heterocycles. The highest BCUT2D eigenvalue weighted by atomic mass is 35.5. The zero-order chi connectivity index (χ0) is 16.9. The van der Waals surface area contributed by atoms with Gasteiger partial charge in [0.05, 0.1) is 12.5 Å². The maximum atomic E-state index is 12.4. The molecule has 1 aromatic heterocycles. The van der Waals surface area contributed by atoms with Crippen molar-refractivity contribution in [2.24, 2.45) is 0 Å². The quantitative estimate of drug-likeness (QED) is 0.915. The summed E-state index contributed by atoms with van der Waals surface area (Å²) in [6.07, 6.45) is 2.68. The van der Waals surface area contributed by atoms with Gasteiger partial charge in [0, 0.05) is 43.6 Å². The average molecular weight is 347 g/mol. The van der Waals surface area contributed by atoms with Crippen LogP contribution in [0, 0.1) is 0 Å². The molecule has 1 atom stereocenters. The van der Waals surface area contributed by atoms with Gasteiger partial charge in [-0.2, -0.15) is 0 Å². The third-order valence-electron chi connectivity index (χ3n) is 4.09. The van der Waals surface area contributed by atoms with E-state index in [0.717, 1.165) is 0 Å². The maximum Gasteiger partial charge on any atom is 0.225 e. The second kappa shape index (κ2) is 7.59. The van der Waals surface area contributed by atoms with E-state index in [2.05, 4.69) is 14.9 Å². The van der Waals surface area contributed by atoms with E-state index in [9.17, 15) is 9.90 Å². The molecule has 1 N–H and O–H groups in total. The summed E-state index contributed by atoms with van der Waals surface area (Å²) in [4.78, 5) is 24.7. The van der Waals surface area contributed by atoms with Crippen LogP contribution >= 0.6 is 11.6 Å². The average Bonchev–Trinajstić information content (AvgIpc) is 2.63. The topological polar surface area (TPSA) is 69.6 Å². The van der Waals surface area contributed by atoms with Crippen LogP contribution in [0.2, 0.25) is 5.02 Å². The molecule has 0 aliphatic carbocycles. The number of nitrogens with zero attached hydrogens (tertiary/aromatic N) is 4. The number of aliphatic hydroxyl groups is 1. The van der Waals surface area contributed by atoms with Crippen LogP contribution in [0.3, 0.4) is 0 Å². The number of aromatic nitrogens is 2. The highest BCUT2D eigenvalue weighted by Crippen LogP contribution is 2.20. The van der Waals surface area contributed by atoms with Crippen molar-refractivity contribution < 1.29 is 9.90 Å². The molecule has 6 nitrogen and oxygen atoms in total. The molecule has 1 aliphatic rings. The minimum Gasteiger partial charge on any atom is -0.388 e. The van der Waals surface area contributed by atoms with Crippen molar-refractivity contribution in [3.05, 3.63) is 53.3 Å². The SMILES string of the molecule is O=C(CC(O)c1ccc(Cl)cc1)N1CCN(c2ncccn2)CC1. The van der Waals surface area contributed by atoms with Gasteiger partial charge in [-0.25, -0.2) is 9.97 Å². The third-order valence-corrected chi connectivity index (χ3v) is 4.34. The summed E-state index contributed by atoms with van der Waals surface area (Å²) in [6.45, 7) is 2.58. The van der Waals surface area contributed by atoms with E-state index < -0.39 is 6.10 Å². The molecule has 1 saturated heterocycles. The lowest BCUT2D eigenvalue weighted by atomic mass is 10.1. The fourth-order valence-electron chi connectivity index (χ4n) is 2.71. The van der Waals surface area contributed by atoms with E-state index in [0.29, 0.717) is 42.7 Å². The number of halogens is 1. The van der Waals surface area contributed by atoms with Gasteiger partial charge in [-0.05, 0) is 23.8 Å². The Morgan fingerprint density at radius 3 is 2.38 bits per heavy atom. The number of carbonyl (C=O) groups excluding carboxylic acids is 1. The molecule has 0 spiro atoms. The van der Waals surface area contributed by atoms with E-state index in [1.165, 1.54) is 0 Å². The van der Waals surface area contributed by atoms with Crippen molar-refractivity contribution in [1.29, 1.82) is 0 Å². The first-order chi connectivity index (χ1) is 11.6. The van der Waals surface area contributed by atoms with Crippen LogP contribution in [-0.2, 0) is 4.79 Å². The summed E-state index contributed by atoms with van der Waals surface area (Å²) < 4.78 is 0. The van der Waals surface area contributed by atoms with Crippen LogP contribution < -0.4 is 4.90 Å². The van der Waals surface area contributed by atoms with E-state index in [1.54, 1.807) is 47.6 Å². The van der Waals surface area contributed by atoms with Gasteiger partial charge in [0.25, 0.3) is 0 Å². The minimum absolute atomic E-state index is 0.0499. The van der Waals surface area contributed by atoms with Gasteiger partial charge in [-0.1, -0.05) is 23.7 Å². The number of anilines is 1. The second-order valence-electron chi connectivity index (χ2n) is 5.69. The van der Waals surface area contributed by atoms with Crippen LogP contribution in [0.25, 0.3) is 0 Å². The second-order valence-corrected chi connectivity index (χ2v) is 6.12. The number of piperazine rings is 1. The van der Waals surface area contributed by atoms with Gasteiger partial charge in [-0.3, -0.25) is 4.79 Å². The van der Waals surface area contributed by atoms with Crippen LogP contribution in [0.1, 0.15) is 18.1 Å². The lowest BCUT2D eigenvalue weighted by molar-refractivity contribution is -0.133. The zero-order valence-corrected chi connectivity index (χ0v) is 13.9. The maximum absolute atomic E-state index is 12.4. The Morgan fingerprint density at radius 1 is 1.12 bits per heavy atom. The molecule has 1 aliphatic heterocycles. The van der Waals surface area contributed by atoms with Crippen molar-refractivity contribution in [2.45, 2.75) is 12.5 Å². The summed E-state index contributed by atoms with van der Waals surface area (Å²) in [7, 11) is 0. The van der Waals surface area contributed by atoms with Gasteiger partial charge in [0.2, 0.25) is 11.9 Å². The summed E-state index contributed by atoms with van der Waals surface area (Å²) in [5.74, 6) is 0.636.